The summed E-state index contributed by atoms with van der Waals surface area (Å²) in [6, 6.07) is 7.95. The van der Waals surface area contributed by atoms with Crippen molar-refractivity contribution in [3.8, 4) is 12.3 Å². The van der Waals surface area contributed by atoms with E-state index in [1.807, 2.05) is 30.3 Å². The van der Waals surface area contributed by atoms with Gasteiger partial charge in [0.1, 0.15) is 0 Å². The first-order valence-electron chi connectivity index (χ1n) is 5.14. The van der Waals surface area contributed by atoms with Gasteiger partial charge in [-0.1, -0.05) is 56.2 Å². The summed E-state index contributed by atoms with van der Waals surface area (Å²) in [5.41, 5.74) is 2.06. The number of rotatable bonds is 3. The summed E-state index contributed by atoms with van der Waals surface area (Å²) in [5.74, 6) is 3.21. The van der Waals surface area contributed by atoms with Crippen molar-refractivity contribution in [3.05, 3.63) is 53.6 Å². The van der Waals surface area contributed by atoms with Gasteiger partial charge in [0.2, 0.25) is 0 Å². The second-order valence-corrected chi connectivity index (χ2v) is 3.76. The van der Waals surface area contributed by atoms with Crippen LogP contribution in [-0.2, 0) is 0 Å². The fourth-order valence-electron chi connectivity index (χ4n) is 1.19. The number of hydrogen-bond acceptors (Lipinski definition) is 0. The SMILES string of the molecule is C#Cc1cccc(/C=C\C=C\C(C)C)c1. The van der Waals surface area contributed by atoms with Crippen LogP contribution in [0.2, 0.25) is 0 Å². The van der Waals surface area contributed by atoms with Crippen LogP contribution >= 0.6 is 0 Å². The lowest BCUT2D eigenvalue weighted by Crippen LogP contribution is -1.76. The third-order valence-corrected chi connectivity index (χ3v) is 1.95. The van der Waals surface area contributed by atoms with Gasteiger partial charge in [-0.2, -0.15) is 0 Å². The fraction of sp³-hybridized carbons (Fsp3) is 0.200. The van der Waals surface area contributed by atoms with Gasteiger partial charge in [0.25, 0.3) is 0 Å². The van der Waals surface area contributed by atoms with E-state index in [2.05, 4.69) is 38.0 Å². The number of allylic oxidation sites excluding steroid dienone is 3. The standard InChI is InChI=1S/C15H16/c1-4-14-10-7-11-15(12-14)9-6-5-8-13(2)3/h1,5-13H,2-3H3/b8-5+,9-6-. The van der Waals surface area contributed by atoms with Crippen molar-refractivity contribution in [2.24, 2.45) is 5.92 Å². The molecule has 0 aliphatic carbocycles. The molecular weight excluding hydrogens is 180 g/mol. The molecule has 0 spiro atoms. The average molecular weight is 196 g/mol. The lowest BCUT2D eigenvalue weighted by atomic mass is 10.1. The van der Waals surface area contributed by atoms with Crippen molar-refractivity contribution in [1.82, 2.24) is 0 Å². The molecule has 0 aliphatic heterocycles. The van der Waals surface area contributed by atoms with Crippen LogP contribution in [0.15, 0.2) is 42.5 Å². The Balaban J connectivity index is 2.69. The Bertz CT molecular complexity index is 400. The van der Waals surface area contributed by atoms with Gasteiger partial charge in [0, 0.05) is 5.56 Å². The smallest absolute Gasteiger partial charge is 0.0248 e. The van der Waals surface area contributed by atoms with Gasteiger partial charge in [-0.3, -0.25) is 0 Å². The summed E-state index contributed by atoms with van der Waals surface area (Å²) in [7, 11) is 0. The molecule has 0 saturated carbocycles. The molecule has 1 aromatic carbocycles. The van der Waals surface area contributed by atoms with E-state index in [1.54, 1.807) is 0 Å². The van der Waals surface area contributed by atoms with Crippen molar-refractivity contribution >= 4 is 6.08 Å². The highest BCUT2D eigenvalue weighted by Crippen LogP contribution is 2.06. The first-order valence-corrected chi connectivity index (χ1v) is 5.14. The van der Waals surface area contributed by atoms with Crippen LogP contribution in [0, 0.1) is 18.3 Å². The summed E-state index contributed by atoms with van der Waals surface area (Å²) in [4.78, 5) is 0. The molecule has 0 unspecified atom stereocenters. The average Bonchev–Trinajstić information content (AvgIpc) is 2.24. The zero-order valence-corrected chi connectivity index (χ0v) is 9.27. The molecule has 0 heteroatoms. The van der Waals surface area contributed by atoms with E-state index in [9.17, 15) is 0 Å². The van der Waals surface area contributed by atoms with Gasteiger partial charge >= 0.3 is 0 Å². The molecule has 0 amide bonds. The third kappa shape index (κ3) is 4.33. The quantitative estimate of drug-likeness (QED) is 0.508. The lowest BCUT2D eigenvalue weighted by Gasteiger charge is -1.94. The van der Waals surface area contributed by atoms with Gasteiger partial charge in [0.05, 0.1) is 0 Å². The normalized spacial score (nSPS) is 11.3. The Morgan fingerprint density at radius 3 is 2.73 bits per heavy atom. The molecule has 0 heterocycles. The van der Waals surface area contributed by atoms with Crippen LogP contribution in [0.1, 0.15) is 25.0 Å². The monoisotopic (exact) mass is 196 g/mol. The first kappa shape index (κ1) is 11.3. The van der Waals surface area contributed by atoms with Crippen LogP contribution in [-0.4, -0.2) is 0 Å². The summed E-state index contributed by atoms with van der Waals surface area (Å²) >= 11 is 0. The van der Waals surface area contributed by atoms with E-state index in [0.717, 1.165) is 11.1 Å². The van der Waals surface area contributed by atoms with E-state index < -0.39 is 0 Å². The molecule has 1 rings (SSSR count). The fourth-order valence-corrected chi connectivity index (χ4v) is 1.19. The molecule has 76 valence electrons. The minimum Gasteiger partial charge on any atom is -0.115 e. The molecule has 0 atom stereocenters. The van der Waals surface area contributed by atoms with Crippen molar-refractivity contribution in [3.63, 3.8) is 0 Å². The maximum atomic E-state index is 5.33. The van der Waals surface area contributed by atoms with Crippen LogP contribution in [0.3, 0.4) is 0 Å². The third-order valence-electron chi connectivity index (χ3n) is 1.95. The second kappa shape index (κ2) is 5.88. The molecule has 0 aliphatic rings. The van der Waals surface area contributed by atoms with Crippen molar-refractivity contribution in [2.75, 3.05) is 0 Å². The molecule has 0 fully saturated rings. The number of benzene rings is 1. The highest BCUT2D eigenvalue weighted by atomic mass is 13.9. The maximum absolute atomic E-state index is 5.33. The molecule has 0 aromatic heterocycles. The summed E-state index contributed by atoms with van der Waals surface area (Å²) in [6.45, 7) is 4.31. The highest BCUT2D eigenvalue weighted by molar-refractivity contribution is 5.54. The largest absolute Gasteiger partial charge is 0.115 e. The van der Waals surface area contributed by atoms with E-state index in [-0.39, 0.29) is 0 Å². The van der Waals surface area contributed by atoms with Gasteiger partial charge in [0.15, 0.2) is 0 Å². The zero-order chi connectivity index (χ0) is 11.1. The number of hydrogen-bond donors (Lipinski definition) is 0. The van der Waals surface area contributed by atoms with Crippen molar-refractivity contribution in [2.45, 2.75) is 13.8 Å². The lowest BCUT2D eigenvalue weighted by molar-refractivity contribution is 0.832. The zero-order valence-electron chi connectivity index (χ0n) is 9.27. The Morgan fingerprint density at radius 2 is 2.07 bits per heavy atom. The molecule has 0 bridgehead atoms. The van der Waals surface area contributed by atoms with Gasteiger partial charge < -0.3 is 0 Å². The molecule has 0 N–H and O–H groups in total. The molecule has 15 heavy (non-hydrogen) atoms. The van der Waals surface area contributed by atoms with Gasteiger partial charge in [-0.25, -0.2) is 0 Å². The highest BCUT2D eigenvalue weighted by Gasteiger charge is 1.87. The molecule has 0 saturated heterocycles. The van der Waals surface area contributed by atoms with Crippen molar-refractivity contribution in [1.29, 1.82) is 0 Å². The van der Waals surface area contributed by atoms with Crippen molar-refractivity contribution < 1.29 is 0 Å². The molecule has 1 aromatic rings. The van der Waals surface area contributed by atoms with Gasteiger partial charge in [-0.15, -0.1) is 6.42 Å². The van der Waals surface area contributed by atoms with E-state index in [4.69, 9.17) is 6.42 Å². The number of terminal acetylenes is 1. The Kier molecular flexibility index (Phi) is 4.44. The summed E-state index contributed by atoms with van der Waals surface area (Å²) in [5, 5.41) is 0. The van der Waals surface area contributed by atoms with Crippen LogP contribution in [0.5, 0.6) is 0 Å². The summed E-state index contributed by atoms with van der Waals surface area (Å²) in [6.07, 6.45) is 13.6. The molecule has 0 nitrogen and oxygen atoms in total. The Labute approximate surface area is 92.3 Å². The predicted octanol–water partition coefficient (Wildman–Crippen LogP) is 3.89. The van der Waals surface area contributed by atoms with Crippen LogP contribution in [0.4, 0.5) is 0 Å². The topological polar surface area (TPSA) is 0 Å². The molecular formula is C15H16. The van der Waals surface area contributed by atoms with Crippen LogP contribution in [0.25, 0.3) is 6.08 Å². The van der Waals surface area contributed by atoms with Crippen LogP contribution < -0.4 is 0 Å². The summed E-state index contributed by atoms with van der Waals surface area (Å²) < 4.78 is 0. The van der Waals surface area contributed by atoms with E-state index in [1.165, 1.54) is 0 Å². The maximum Gasteiger partial charge on any atom is 0.0248 e. The van der Waals surface area contributed by atoms with E-state index in [0.29, 0.717) is 5.92 Å². The predicted molar refractivity (Wildman–Crippen MR) is 67.4 cm³/mol. The van der Waals surface area contributed by atoms with Gasteiger partial charge in [-0.05, 0) is 23.6 Å². The minimum absolute atomic E-state index is 0.590. The van der Waals surface area contributed by atoms with E-state index >= 15 is 0 Å². The Morgan fingerprint density at radius 1 is 1.27 bits per heavy atom. The minimum atomic E-state index is 0.590. The second-order valence-electron chi connectivity index (χ2n) is 3.76. The Hall–Kier alpha value is -1.74. The molecule has 0 radical (unpaired) electrons. The first-order chi connectivity index (χ1) is 7.22.